The van der Waals surface area contributed by atoms with Crippen molar-refractivity contribution in [2.75, 3.05) is 6.54 Å². The number of carbonyl (C=O) groups is 1. The van der Waals surface area contributed by atoms with Crippen molar-refractivity contribution < 1.29 is 23.5 Å². The van der Waals surface area contributed by atoms with Gasteiger partial charge in [-0.15, -0.1) is 0 Å². The second-order valence-corrected chi connectivity index (χ2v) is 12.9. The summed E-state index contributed by atoms with van der Waals surface area (Å²) in [5.41, 5.74) is 2.19. The van der Waals surface area contributed by atoms with Crippen LogP contribution in [0.2, 0.25) is 13.1 Å². The van der Waals surface area contributed by atoms with Gasteiger partial charge in [0.1, 0.15) is 18.6 Å². The van der Waals surface area contributed by atoms with Crippen LogP contribution in [-0.4, -0.2) is 54.5 Å². The summed E-state index contributed by atoms with van der Waals surface area (Å²) in [7, 11) is -1.46. The monoisotopic (exact) mass is 582 g/mol. The molecule has 0 radical (unpaired) electrons. The molecular weight excluding hydrogens is 541 g/mol. The maximum absolute atomic E-state index is 12.4. The van der Waals surface area contributed by atoms with Gasteiger partial charge >= 0.3 is 5.97 Å². The first-order valence-corrected chi connectivity index (χ1v) is 18.2. The number of benzene rings is 2. The number of carboxylic acids is 1. The van der Waals surface area contributed by atoms with Crippen LogP contribution in [0.1, 0.15) is 50.2 Å². The lowest BCUT2D eigenvalue weighted by atomic mass is 9.73. The molecule has 0 unspecified atom stereocenters. The van der Waals surface area contributed by atoms with Crippen molar-refractivity contribution in [3.8, 4) is 5.75 Å². The molecule has 2 aromatic carbocycles. The highest BCUT2D eigenvalue weighted by atomic mass is 28.2. The molecule has 0 aliphatic heterocycles. The summed E-state index contributed by atoms with van der Waals surface area (Å²) >= 11 is 0. The number of fused-ring (bicyclic) bond motifs is 1. The first-order chi connectivity index (χ1) is 19.2. The average Bonchev–Trinajstić information content (AvgIpc) is 3.42. The number of H-pyrrole nitrogens is 1. The van der Waals surface area contributed by atoms with Crippen LogP contribution < -0.4 is 15.6 Å². The molecule has 1 saturated carbocycles. The molecule has 3 N–H and O–H groups in total. The Hall–Kier alpha value is -2.77. The quantitative estimate of drug-likeness (QED) is 0.197. The minimum absolute atomic E-state index is 0.0425. The molecule has 1 aliphatic rings. The number of aromatic nitrogens is 1. The average molecular weight is 583 g/mol. The van der Waals surface area contributed by atoms with Gasteiger partial charge in [0.15, 0.2) is 19.5 Å². The fourth-order valence-electron chi connectivity index (χ4n) is 5.80. The Labute approximate surface area is 240 Å². The van der Waals surface area contributed by atoms with Crippen molar-refractivity contribution in [2.45, 2.75) is 71.1 Å². The Bertz CT molecular complexity index is 1330. The fourth-order valence-corrected chi connectivity index (χ4v) is 7.65. The molecule has 0 saturated heterocycles. The van der Waals surface area contributed by atoms with E-state index in [0.717, 1.165) is 22.9 Å². The van der Waals surface area contributed by atoms with Crippen LogP contribution in [0, 0.1) is 11.3 Å². The molecule has 3 atom stereocenters. The highest BCUT2D eigenvalue weighted by Crippen LogP contribution is 2.44. The number of hydrogen-bond acceptors (Lipinski definition) is 6. The zero-order chi connectivity index (χ0) is 28.7. The van der Waals surface area contributed by atoms with Crippen LogP contribution in [0.3, 0.4) is 0 Å². The largest absolute Gasteiger partial charge is 0.487 e. The molecule has 40 heavy (non-hydrogen) atoms. The van der Waals surface area contributed by atoms with Crippen molar-refractivity contribution in [3.63, 3.8) is 0 Å². The third kappa shape index (κ3) is 7.11. The van der Waals surface area contributed by atoms with Crippen molar-refractivity contribution in [1.82, 2.24) is 10.3 Å². The summed E-state index contributed by atoms with van der Waals surface area (Å²) < 4.78 is 18.8. The predicted octanol–water partition coefficient (Wildman–Crippen LogP) is 3.68. The van der Waals surface area contributed by atoms with Gasteiger partial charge in [0.25, 0.3) is 0 Å². The van der Waals surface area contributed by atoms with Gasteiger partial charge in [-0.25, -0.2) is 0 Å². The lowest BCUT2D eigenvalue weighted by Crippen LogP contribution is -2.45. The van der Waals surface area contributed by atoms with Crippen LogP contribution in [0.15, 0.2) is 59.4 Å². The fraction of sp³-hybridized carbons (Fsp3) is 0.467. The number of carboxylic acid groups (broad SMARTS) is 1. The summed E-state index contributed by atoms with van der Waals surface area (Å²) in [6.45, 7) is 9.61. The first kappa shape index (κ1) is 30.2. The Balaban J connectivity index is 1.71. The normalized spacial score (nSPS) is 19.6. The second kappa shape index (κ2) is 13.7. The maximum atomic E-state index is 12.4. The number of rotatable bonds is 14. The summed E-state index contributed by atoms with van der Waals surface area (Å²) in [6, 6.07) is 17.5. The van der Waals surface area contributed by atoms with E-state index in [-0.39, 0.29) is 29.7 Å². The van der Waals surface area contributed by atoms with Crippen molar-refractivity contribution in [1.29, 1.82) is 0 Å². The Morgan fingerprint density at radius 3 is 2.45 bits per heavy atom. The lowest BCUT2D eigenvalue weighted by molar-refractivity contribution is -0.141. The zero-order valence-corrected chi connectivity index (χ0v) is 26.8. The van der Waals surface area contributed by atoms with Crippen LogP contribution in [-0.2, 0) is 20.3 Å². The summed E-state index contributed by atoms with van der Waals surface area (Å²) in [6.07, 6.45) is 1.82. The smallest absolute Gasteiger partial charge is 0.306 e. The molecule has 1 aromatic heterocycles. The van der Waals surface area contributed by atoms with E-state index < -0.39 is 30.9 Å². The lowest BCUT2D eigenvalue weighted by Gasteiger charge is -2.42. The highest BCUT2D eigenvalue weighted by Gasteiger charge is 2.41. The number of hydrogen-bond donors (Lipinski definition) is 3. The minimum atomic E-state index is -0.731. The Morgan fingerprint density at radius 2 is 1.80 bits per heavy atom. The van der Waals surface area contributed by atoms with Crippen molar-refractivity contribution in [3.05, 3.63) is 76.1 Å². The Morgan fingerprint density at radius 1 is 1.07 bits per heavy atom. The van der Waals surface area contributed by atoms with E-state index >= 15 is 0 Å². The van der Waals surface area contributed by atoms with Crippen molar-refractivity contribution in [2.24, 2.45) is 11.3 Å². The van der Waals surface area contributed by atoms with E-state index in [4.69, 9.17) is 13.6 Å². The molecule has 4 rings (SSSR count). The van der Waals surface area contributed by atoms with Gasteiger partial charge in [0.2, 0.25) is 5.56 Å². The van der Waals surface area contributed by atoms with Gasteiger partial charge in [0.05, 0.1) is 11.4 Å². The van der Waals surface area contributed by atoms with Crippen LogP contribution in [0.4, 0.5) is 0 Å². The van der Waals surface area contributed by atoms with Crippen LogP contribution in [0.5, 0.6) is 5.75 Å². The second-order valence-electron chi connectivity index (χ2n) is 11.1. The first-order valence-electron chi connectivity index (χ1n) is 14.3. The molecule has 3 aromatic rings. The number of nitrogens with one attached hydrogen (secondary N) is 2. The van der Waals surface area contributed by atoms with Crippen molar-refractivity contribution >= 4 is 36.4 Å². The minimum Gasteiger partial charge on any atom is -0.487 e. The molecule has 216 valence electrons. The molecular formula is C30H42N2O6Si2. The Kier molecular flexibility index (Phi) is 10.4. The maximum Gasteiger partial charge on any atom is 0.306 e. The summed E-state index contributed by atoms with van der Waals surface area (Å²) in [4.78, 5) is 27.0. The van der Waals surface area contributed by atoms with E-state index in [0.29, 0.717) is 37.3 Å². The zero-order valence-electron chi connectivity index (χ0n) is 23.9. The van der Waals surface area contributed by atoms with Gasteiger partial charge < -0.3 is 29.0 Å². The van der Waals surface area contributed by atoms with E-state index in [9.17, 15) is 14.7 Å². The number of ether oxygens (including phenoxy) is 1. The van der Waals surface area contributed by atoms with Crippen LogP contribution >= 0.6 is 0 Å². The SMILES string of the molecule is C[SiH2]OC(O[SiH2]C)C(C)(C)[C@H](CN[C@H]1CC[C@@H](C(=O)O)C1)c1ccc(OCc2ccccc2)c2[nH]c(=O)ccc12. The topological polar surface area (TPSA) is 110 Å². The number of pyridine rings is 1. The van der Waals surface area contributed by atoms with Gasteiger partial charge in [-0.05, 0) is 42.5 Å². The summed E-state index contributed by atoms with van der Waals surface area (Å²) in [5, 5.41) is 14.1. The molecule has 1 fully saturated rings. The van der Waals surface area contributed by atoms with Gasteiger partial charge in [-0.3, -0.25) is 9.59 Å². The van der Waals surface area contributed by atoms with E-state index in [1.54, 1.807) is 6.07 Å². The van der Waals surface area contributed by atoms with E-state index in [2.05, 4.69) is 43.3 Å². The van der Waals surface area contributed by atoms with Gasteiger partial charge in [0, 0.05) is 35.4 Å². The molecule has 10 heteroatoms. The number of aromatic amines is 1. The predicted molar refractivity (Wildman–Crippen MR) is 163 cm³/mol. The third-order valence-electron chi connectivity index (χ3n) is 8.04. The molecule has 1 heterocycles. The van der Waals surface area contributed by atoms with E-state index in [1.165, 1.54) is 0 Å². The van der Waals surface area contributed by atoms with Gasteiger partial charge in [-0.1, -0.05) is 63.3 Å². The highest BCUT2D eigenvalue weighted by molar-refractivity contribution is 6.26. The van der Waals surface area contributed by atoms with Crippen LogP contribution in [0.25, 0.3) is 10.9 Å². The van der Waals surface area contributed by atoms with Gasteiger partial charge in [-0.2, -0.15) is 0 Å². The standard InChI is InChI=1S/C30H42N2O6Si2/c1-30(2,29(37-39-3)38-40-4)24(17-31-21-11-10-20(16-21)28(34)35)22-12-14-25(27-23(22)13-15-26(33)32-27)36-18-19-8-6-5-7-9-19/h5-9,12-15,20-21,24,29,31H,10-11,16-18,39-40H2,1-4H3,(H,32,33)(H,34,35)/t20-,21+,24-/m1/s1. The molecule has 8 nitrogen and oxygen atoms in total. The molecule has 0 amide bonds. The molecule has 1 aliphatic carbocycles. The number of aliphatic carboxylic acids is 1. The third-order valence-corrected chi connectivity index (χ3v) is 9.31. The summed E-state index contributed by atoms with van der Waals surface area (Å²) in [5.74, 6) is -0.438. The molecule has 0 spiro atoms. The van der Waals surface area contributed by atoms with E-state index in [1.807, 2.05) is 42.5 Å². The molecule has 0 bridgehead atoms.